The Morgan fingerprint density at radius 2 is 1.81 bits per heavy atom. The first kappa shape index (κ1) is 20.3. The van der Waals surface area contributed by atoms with Crippen LogP contribution in [0.1, 0.15) is 62.0 Å². The number of aryl methyl sites for hydroxylation is 1. The highest BCUT2D eigenvalue weighted by Gasteiger charge is 2.19. The van der Waals surface area contributed by atoms with Crippen LogP contribution in [0.4, 0.5) is 0 Å². The highest BCUT2D eigenvalue weighted by Crippen LogP contribution is 2.38. The molecule has 5 nitrogen and oxygen atoms in total. The first-order valence-electron chi connectivity index (χ1n) is 9.60. The van der Waals surface area contributed by atoms with Crippen LogP contribution < -0.4 is 10.5 Å². The van der Waals surface area contributed by atoms with Gasteiger partial charge in [0.05, 0.1) is 7.11 Å². The summed E-state index contributed by atoms with van der Waals surface area (Å²) in [6, 6.07) is 4.28. The van der Waals surface area contributed by atoms with Gasteiger partial charge in [-0.15, -0.1) is 0 Å². The zero-order chi connectivity index (χ0) is 18.8. The number of benzene rings is 1. The molecule has 1 aliphatic heterocycles. The van der Waals surface area contributed by atoms with Crippen LogP contribution in [0.5, 0.6) is 5.75 Å². The molecule has 1 saturated carbocycles. The molecule has 3 N–H and O–H groups in total. The van der Waals surface area contributed by atoms with Crippen molar-refractivity contribution >= 4 is 17.3 Å². The molecule has 2 aliphatic rings. The molecule has 0 spiro atoms. The van der Waals surface area contributed by atoms with Gasteiger partial charge in [-0.1, -0.05) is 19.3 Å². The van der Waals surface area contributed by atoms with Crippen LogP contribution in [0, 0.1) is 6.92 Å². The molecule has 1 saturated heterocycles. The summed E-state index contributed by atoms with van der Waals surface area (Å²) in [4.78, 5) is 12.0. The third kappa shape index (κ3) is 5.49. The lowest BCUT2D eigenvalue weighted by molar-refractivity contribution is -0.106. The number of fused-ring (bicyclic) bond motifs is 1. The molecule has 2 heterocycles. The number of primary amides is 1. The van der Waals surface area contributed by atoms with Gasteiger partial charge in [-0.25, -0.2) is 0 Å². The molecule has 1 amide bonds. The first-order chi connectivity index (χ1) is 12.7. The second-order valence-electron chi connectivity index (χ2n) is 6.90. The number of methoxy groups -OCH3 is 1. The van der Waals surface area contributed by atoms with Crippen molar-refractivity contribution in [3.63, 3.8) is 0 Å². The third-order valence-electron chi connectivity index (χ3n) is 5.10. The number of hydrogen-bond donors (Lipinski definition) is 2. The van der Waals surface area contributed by atoms with Crippen molar-refractivity contribution in [2.24, 2.45) is 5.73 Å². The van der Waals surface area contributed by atoms with Crippen molar-refractivity contribution in [1.29, 1.82) is 0 Å². The van der Waals surface area contributed by atoms with Crippen LogP contribution in [0.3, 0.4) is 0 Å². The Bertz CT molecular complexity index is 664. The highest BCUT2D eigenvalue weighted by atomic mass is 16.5. The molecule has 1 aromatic carbocycles. The number of hydrogen-bond acceptors (Lipinski definition) is 3. The Morgan fingerprint density at radius 3 is 2.35 bits per heavy atom. The Morgan fingerprint density at radius 1 is 1.15 bits per heavy atom. The lowest BCUT2D eigenvalue weighted by Crippen LogP contribution is -2.03. The molecule has 5 heteroatoms. The smallest absolute Gasteiger partial charge is 0.204 e. The molecule has 2 aromatic rings. The van der Waals surface area contributed by atoms with E-state index in [0.29, 0.717) is 0 Å². The number of nitrogens with two attached hydrogens (primary N) is 1. The summed E-state index contributed by atoms with van der Waals surface area (Å²) in [7, 11) is 1.74. The summed E-state index contributed by atoms with van der Waals surface area (Å²) < 4.78 is 10.3. The normalized spacial score (nSPS) is 17.0. The second kappa shape index (κ2) is 10.9. The van der Waals surface area contributed by atoms with E-state index in [-0.39, 0.29) is 6.41 Å². The van der Waals surface area contributed by atoms with Gasteiger partial charge in [0.25, 0.3) is 0 Å². The van der Waals surface area contributed by atoms with Crippen molar-refractivity contribution in [2.75, 3.05) is 20.3 Å². The lowest BCUT2D eigenvalue weighted by atomic mass is 9.84. The van der Waals surface area contributed by atoms with E-state index in [0.717, 1.165) is 24.9 Å². The number of H-pyrrole nitrogens is 1. The number of rotatable bonds is 2. The van der Waals surface area contributed by atoms with Crippen molar-refractivity contribution in [1.82, 2.24) is 4.98 Å². The van der Waals surface area contributed by atoms with E-state index in [1.54, 1.807) is 7.11 Å². The molecule has 26 heavy (non-hydrogen) atoms. The molecule has 0 bridgehead atoms. The summed E-state index contributed by atoms with van der Waals surface area (Å²) in [5, 5.41) is 1.36. The summed E-state index contributed by atoms with van der Waals surface area (Å²) >= 11 is 0. The van der Waals surface area contributed by atoms with E-state index in [9.17, 15) is 0 Å². The second-order valence-corrected chi connectivity index (χ2v) is 6.90. The summed E-state index contributed by atoms with van der Waals surface area (Å²) in [6.45, 7) is 4.14. The van der Waals surface area contributed by atoms with Gasteiger partial charge in [-0.2, -0.15) is 0 Å². The van der Waals surface area contributed by atoms with E-state index in [1.165, 1.54) is 67.0 Å². The number of carbonyl (C=O) groups excluding carboxylic acids is 1. The quantitative estimate of drug-likeness (QED) is 0.778. The largest absolute Gasteiger partial charge is 0.497 e. The standard InChI is InChI=1S/C16H21NO.C4H8O.CH3NO/c1-11-8-13(18-2)9-14-15(10-17-16(11)14)12-6-4-3-5-7-12;1-2-4-5-3-1;2-1-3/h8-10,12,17H,3-7H2,1-2H3;1-4H2;1H,(H2,2,3). The first-order valence-corrected chi connectivity index (χ1v) is 9.60. The van der Waals surface area contributed by atoms with Gasteiger partial charge < -0.3 is 20.2 Å². The Labute approximate surface area is 156 Å². The third-order valence-corrected chi connectivity index (χ3v) is 5.10. The van der Waals surface area contributed by atoms with Crippen LogP contribution in [0.15, 0.2) is 18.3 Å². The minimum Gasteiger partial charge on any atom is -0.497 e. The van der Waals surface area contributed by atoms with Crippen molar-refractivity contribution in [3.05, 3.63) is 29.5 Å². The average molecular weight is 360 g/mol. The maximum Gasteiger partial charge on any atom is 0.204 e. The molecule has 0 unspecified atom stereocenters. The molecule has 2 fully saturated rings. The number of carbonyl (C=O) groups is 1. The number of aromatic nitrogens is 1. The van der Waals surface area contributed by atoms with Gasteiger partial charge in [0.1, 0.15) is 5.75 Å². The fourth-order valence-electron chi connectivity index (χ4n) is 3.78. The van der Waals surface area contributed by atoms with Crippen LogP contribution >= 0.6 is 0 Å². The zero-order valence-corrected chi connectivity index (χ0v) is 16.1. The predicted molar refractivity (Wildman–Crippen MR) is 106 cm³/mol. The molecule has 0 atom stereocenters. The molecule has 0 radical (unpaired) electrons. The van der Waals surface area contributed by atoms with Crippen molar-refractivity contribution in [3.8, 4) is 5.75 Å². The maximum absolute atomic E-state index is 8.58. The van der Waals surface area contributed by atoms with Crippen LogP contribution in [0.25, 0.3) is 10.9 Å². The lowest BCUT2D eigenvalue weighted by Gasteiger charge is -2.21. The van der Waals surface area contributed by atoms with Crippen LogP contribution in [-0.2, 0) is 9.53 Å². The Hall–Kier alpha value is -2.01. The zero-order valence-electron chi connectivity index (χ0n) is 16.1. The molecular formula is C21H32N2O3. The highest BCUT2D eigenvalue weighted by molar-refractivity contribution is 5.88. The van der Waals surface area contributed by atoms with Gasteiger partial charge in [-0.3, -0.25) is 4.79 Å². The minimum absolute atomic E-state index is 0.250. The number of aromatic amines is 1. The van der Waals surface area contributed by atoms with E-state index in [4.69, 9.17) is 14.3 Å². The molecule has 4 rings (SSSR count). The number of nitrogens with one attached hydrogen (secondary N) is 1. The SMILES string of the molecule is C1CCOC1.COc1cc(C)c2[nH]cc(C3CCCCC3)c2c1.NC=O. The predicted octanol–water partition coefficient (Wildman–Crippen LogP) is 4.43. The summed E-state index contributed by atoms with van der Waals surface area (Å²) in [6.07, 6.45) is 11.8. The molecule has 144 valence electrons. The summed E-state index contributed by atoms with van der Waals surface area (Å²) in [5.41, 5.74) is 8.20. The fourth-order valence-corrected chi connectivity index (χ4v) is 3.78. The topological polar surface area (TPSA) is 77.3 Å². The van der Waals surface area contributed by atoms with E-state index < -0.39 is 0 Å². The molecule has 1 aliphatic carbocycles. The average Bonchev–Trinajstić information content (AvgIpc) is 3.36. The van der Waals surface area contributed by atoms with Crippen LogP contribution in [-0.4, -0.2) is 31.7 Å². The van der Waals surface area contributed by atoms with Crippen LogP contribution in [0.2, 0.25) is 0 Å². The minimum atomic E-state index is 0.250. The molecular weight excluding hydrogens is 328 g/mol. The van der Waals surface area contributed by atoms with E-state index >= 15 is 0 Å². The Balaban J connectivity index is 0.000000254. The number of amides is 1. The fraction of sp³-hybridized carbons (Fsp3) is 0.571. The number of ether oxygens (including phenoxy) is 2. The monoisotopic (exact) mass is 360 g/mol. The summed E-state index contributed by atoms with van der Waals surface area (Å²) in [5.74, 6) is 1.70. The van der Waals surface area contributed by atoms with Gasteiger partial charge >= 0.3 is 0 Å². The molecule has 1 aromatic heterocycles. The maximum atomic E-state index is 8.58. The van der Waals surface area contributed by atoms with Crippen molar-refractivity contribution < 1.29 is 14.3 Å². The van der Waals surface area contributed by atoms with E-state index in [1.807, 2.05) is 0 Å². The van der Waals surface area contributed by atoms with Crippen molar-refractivity contribution in [2.45, 2.75) is 57.8 Å². The Kier molecular flexibility index (Phi) is 8.48. The van der Waals surface area contributed by atoms with E-state index in [2.05, 4.69) is 36.0 Å². The van der Waals surface area contributed by atoms with Gasteiger partial charge in [0.15, 0.2) is 0 Å². The van der Waals surface area contributed by atoms with Gasteiger partial charge in [0.2, 0.25) is 6.41 Å². The van der Waals surface area contributed by atoms with Gasteiger partial charge in [-0.05, 0) is 61.8 Å². The van der Waals surface area contributed by atoms with Gasteiger partial charge in [0, 0.05) is 30.3 Å².